The molecule has 0 radical (unpaired) electrons. The predicted octanol–water partition coefficient (Wildman–Crippen LogP) is 2.72. The van der Waals surface area contributed by atoms with Crippen molar-refractivity contribution in [1.29, 1.82) is 0 Å². The van der Waals surface area contributed by atoms with Crippen LogP contribution >= 0.6 is 11.8 Å². The summed E-state index contributed by atoms with van der Waals surface area (Å²) in [5, 5.41) is 4.02. The molecule has 0 unspecified atom stereocenters. The molecule has 0 atom stereocenters. The Morgan fingerprint density at radius 2 is 2.00 bits per heavy atom. The molecule has 2 aromatic rings. The van der Waals surface area contributed by atoms with Gasteiger partial charge in [0.15, 0.2) is 0 Å². The van der Waals surface area contributed by atoms with E-state index < -0.39 is 0 Å². The third-order valence-electron chi connectivity index (χ3n) is 4.83. The minimum atomic E-state index is -0.0141. The molecule has 2 heterocycles. The molecule has 1 N–H and O–H groups in total. The number of carbonyl (C=O) groups excluding carboxylic acids is 1. The largest absolute Gasteiger partial charge is 0.355 e. The first-order valence-electron chi connectivity index (χ1n) is 9.43. The number of likely N-dealkylation sites (tertiary alicyclic amines) is 1. The zero-order valence-electron chi connectivity index (χ0n) is 15.4. The molecule has 0 saturated carbocycles. The van der Waals surface area contributed by atoms with Crippen molar-refractivity contribution in [1.82, 2.24) is 14.8 Å². The zero-order valence-corrected chi connectivity index (χ0v) is 16.2. The summed E-state index contributed by atoms with van der Waals surface area (Å²) in [5.74, 6) is 0.365. The Morgan fingerprint density at radius 1 is 1.23 bits per heavy atom. The van der Waals surface area contributed by atoms with Crippen LogP contribution in [0, 0.1) is 0 Å². The number of fused-ring (bicyclic) bond motifs is 1. The summed E-state index contributed by atoms with van der Waals surface area (Å²) in [4.78, 5) is 27.8. The third kappa shape index (κ3) is 4.68. The molecule has 6 heteroatoms. The van der Waals surface area contributed by atoms with Crippen molar-refractivity contribution in [3.8, 4) is 0 Å². The minimum absolute atomic E-state index is 0.0141. The van der Waals surface area contributed by atoms with Gasteiger partial charge in [0.05, 0.1) is 11.3 Å². The first-order valence-corrected chi connectivity index (χ1v) is 10.4. The van der Waals surface area contributed by atoms with Crippen LogP contribution in [-0.4, -0.2) is 47.3 Å². The lowest BCUT2D eigenvalue weighted by Crippen LogP contribution is -2.29. The number of aryl methyl sites for hydroxylation is 1. The van der Waals surface area contributed by atoms with Gasteiger partial charge < -0.3 is 14.8 Å². The van der Waals surface area contributed by atoms with Gasteiger partial charge in [-0.2, -0.15) is 0 Å². The molecule has 1 fully saturated rings. The fraction of sp³-hybridized carbons (Fsp3) is 0.500. The smallest absolute Gasteiger partial charge is 0.252 e. The highest BCUT2D eigenvalue weighted by Crippen LogP contribution is 2.26. The molecule has 3 rings (SSSR count). The van der Waals surface area contributed by atoms with E-state index in [2.05, 4.69) is 10.2 Å². The monoisotopic (exact) mass is 373 g/mol. The van der Waals surface area contributed by atoms with Gasteiger partial charge in [-0.3, -0.25) is 9.59 Å². The van der Waals surface area contributed by atoms with Crippen molar-refractivity contribution in [2.75, 3.05) is 31.9 Å². The summed E-state index contributed by atoms with van der Waals surface area (Å²) < 4.78 is 1.76. The number of aromatic nitrogens is 1. The van der Waals surface area contributed by atoms with Crippen LogP contribution in [0.2, 0.25) is 0 Å². The summed E-state index contributed by atoms with van der Waals surface area (Å²) in [6.45, 7) is 6.78. The number of carbonyl (C=O) groups is 1. The van der Waals surface area contributed by atoms with Gasteiger partial charge in [-0.15, -0.1) is 11.8 Å². The zero-order chi connectivity index (χ0) is 18.4. The number of para-hydroxylation sites is 1. The number of nitrogens with zero attached hydrogens (tertiary/aromatic N) is 2. The Labute approximate surface area is 158 Å². The van der Waals surface area contributed by atoms with E-state index in [9.17, 15) is 9.59 Å². The third-order valence-corrected chi connectivity index (χ3v) is 5.88. The number of rotatable bonds is 8. The minimum Gasteiger partial charge on any atom is -0.355 e. The highest BCUT2D eigenvalue weighted by molar-refractivity contribution is 8.00. The molecule has 1 amide bonds. The Kier molecular flexibility index (Phi) is 6.74. The maximum Gasteiger partial charge on any atom is 0.252 e. The van der Waals surface area contributed by atoms with E-state index in [1.54, 1.807) is 10.6 Å². The highest BCUT2D eigenvalue weighted by Gasteiger charge is 2.12. The van der Waals surface area contributed by atoms with Gasteiger partial charge in [-0.25, -0.2) is 0 Å². The molecule has 5 nitrogen and oxygen atoms in total. The van der Waals surface area contributed by atoms with E-state index in [0.29, 0.717) is 18.8 Å². The summed E-state index contributed by atoms with van der Waals surface area (Å²) in [5.41, 5.74) is 0.913. The molecule has 1 aliphatic heterocycles. The lowest BCUT2D eigenvalue weighted by Gasteiger charge is -2.14. The second kappa shape index (κ2) is 9.24. The summed E-state index contributed by atoms with van der Waals surface area (Å²) in [7, 11) is 0. The number of hydrogen-bond donors (Lipinski definition) is 1. The van der Waals surface area contributed by atoms with Gasteiger partial charge in [0, 0.05) is 29.4 Å². The van der Waals surface area contributed by atoms with Gasteiger partial charge in [-0.1, -0.05) is 18.2 Å². The Balaban J connectivity index is 1.54. The van der Waals surface area contributed by atoms with Crippen molar-refractivity contribution >= 4 is 28.6 Å². The molecule has 0 spiro atoms. The maximum atomic E-state index is 12.3. The van der Waals surface area contributed by atoms with Crippen LogP contribution in [0.5, 0.6) is 0 Å². The number of nitrogens with one attached hydrogen (secondary N) is 1. The van der Waals surface area contributed by atoms with Gasteiger partial charge in [0.2, 0.25) is 5.91 Å². The SMILES string of the molecule is CCn1c(=O)cc(SCC(=O)NCCCN2CCCC2)c2ccccc21. The van der Waals surface area contributed by atoms with Crippen LogP contribution in [0.1, 0.15) is 26.2 Å². The van der Waals surface area contributed by atoms with Crippen LogP contribution in [-0.2, 0) is 11.3 Å². The molecule has 1 saturated heterocycles. The normalized spacial score (nSPS) is 14.8. The molecule has 140 valence electrons. The van der Waals surface area contributed by atoms with Crippen molar-refractivity contribution in [2.24, 2.45) is 0 Å². The summed E-state index contributed by atoms with van der Waals surface area (Å²) in [6, 6.07) is 9.53. The van der Waals surface area contributed by atoms with Crippen molar-refractivity contribution in [2.45, 2.75) is 37.6 Å². The molecular weight excluding hydrogens is 346 g/mol. The van der Waals surface area contributed by atoms with Gasteiger partial charge in [-0.05, 0) is 51.9 Å². The van der Waals surface area contributed by atoms with Gasteiger partial charge in [0.25, 0.3) is 5.56 Å². The van der Waals surface area contributed by atoms with Crippen molar-refractivity contribution in [3.63, 3.8) is 0 Å². The molecule has 26 heavy (non-hydrogen) atoms. The van der Waals surface area contributed by atoms with Gasteiger partial charge >= 0.3 is 0 Å². The Morgan fingerprint density at radius 3 is 2.77 bits per heavy atom. The van der Waals surface area contributed by atoms with E-state index >= 15 is 0 Å². The van der Waals surface area contributed by atoms with E-state index in [1.807, 2.05) is 31.2 Å². The van der Waals surface area contributed by atoms with Crippen LogP contribution < -0.4 is 10.9 Å². The van der Waals surface area contributed by atoms with Crippen LogP contribution in [0.3, 0.4) is 0 Å². The highest BCUT2D eigenvalue weighted by atomic mass is 32.2. The maximum absolute atomic E-state index is 12.3. The standard InChI is InChI=1S/C20H27N3O2S/c1-2-23-17-9-4-3-8-16(17)18(14-20(23)25)26-15-19(24)21-10-7-13-22-11-5-6-12-22/h3-4,8-9,14H,2,5-7,10-13,15H2,1H3,(H,21,24). The molecule has 1 aromatic heterocycles. The number of benzene rings is 1. The quantitative estimate of drug-likeness (QED) is 0.571. The summed E-state index contributed by atoms with van der Waals surface area (Å²) in [6.07, 6.45) is 3.59. The topological polar surface area (TPSA) is 54.3 Å². The summed E-state index contributed by atoms with van der Waals surface area (Å²) >= 11 is 1.44. The van der Waals surface area contributed by atoms with Crippen LogP contribution in [0.15, 0.2) is 40.0 Å². The lowest BCUT2D eigenvalue weighted by atomic mass is 10.2. The average Bonchev–Trinajstić information content (AvgIpc) is 3.17. The van der Waals surface area contributed by atoms with Crippen molar-refractivity contribution < 1.29 is 4.79 Å². The Bertz CT molecular complexity index is 812. The van der Waals surface area contributed by atoms with Crippen LogP contribution in [0.4, 0.5) is 0 Å². The van der Waals surface area contributed by atoms with E-state index in [-0.39, 0.29) is 11.5 Å². The number of pyridine rings is 1. The van der Waals surface area contributed by atoms with E-state index in [4.69, 9.17) is 0 Å². The van der Waals surface area contributed by atoms with E-state index in [1.165, 1.54) is 37.7 Å². The Hall–Kier alpha value is -1.79. The second-order valence-corrected chi connectivity index (χ2v) is 7.67. The number of hydrogen-bond acceptors (Lipinski definition) is 4. The average molecular weight is 374 g/mol. The van der Waals surface area contributed by atoms with Crippen LogP contribution in [0.25, 0.3) is 10.9 Å². The van der Waals surface area contributed by atoms with E-state index in [0.717, 1.165) is 28.8 Å². The van der Waals surface area contributed by atoms with Crippen molar-refractivity contribution in [3.05, 3.63) is 40.7 Å². The fourth-order valence-electron chi connectivity index (χ4n) is 3.48. The first-order chi connectivity index (χ1) is 12.7. The molecular formula is C20H27N3O2S. The number of thioether (sulfide) groups is 1. The predicted molar refractivity (Wildman–Crippen MR) is 108 cm³/mol. The fourth-order valence-corrected chi connectivity index (χ4v) is 4.38. The lowest BCUT2D eigenvalue weighted by molar-refractivity contribution is -0.118. The molecule has 0 aliphatic carbocycles. The second-order valence-electron chi connectivity index (χ2n) is 6.65. The number of amides is 1. The first kappa shape index (κ1) is 19.0. The molecule has 1 aromatic carbocycles. The van der Waals surface area contributed by atoms with Gasteiger partial charge in [0.1, 0.15) is 0 Å². The molecule has 0 bridgehead atoms. The molecule has 1 aliphatic rings.